The number of carbonyl (C=O) groups excluding carboxylic acids is 2. The highest BCUT2D eigenvalue weighted by molar-refractivity contribution is 5.92. The van der Waals surface area contributed by atoms with Crippen LogP contribution in [0.3, 0.4) is 0 Å². The van der Waals surface area contributed by atoms with Crippen LogP contribution in [0, 0.1) is 0 Å². The molecule has 23 heavy (non-hydrogen) atoms. The largest absolute Gasteiger partial charge is 0.494 e. The topological polar surface area (TPSA) is 61.8 Å². The number of benzene rings is 2. The minimum Gasteiger partial charge on any atom is -0.494 e. The van der Waals surface area contributed by atoms with Crippen LogP contribution in [0.15, 0.2) is 42.5 Å². The standard InChI is InChI=1S/C18H18O5/c1-3-21-15-7-5-6-14(11-15)18(20)23-16-9-8-13(12-19)10-17(16)22-4-2/h5-12H,3-4H2,1-2H3. The first-order chi connectivity index (χ1) is 11.2. The van der Waals surface area contributed by atoms with E-state index in [1.165, 1.54) is 6.07 Å². The summed E-state index contributed by atoms with van der Waals surface area (Å²) in [5, 5.41) is 0. The van der Waals surface area contributed by atoms with E-state index in [1.54, 1.807) is 36.4 Å². The molecule has 5 heteroatoms. The molecule has 0 aromatic heterocycles. The van der Waals surface area contributed by atoms with E-state index in [0.717, 1.165) is 0 Å². The molecule has 0 amide bonds. The third-order valence-electron chi connectivity index (χ3n) is 2.99. The highest BCUT2D eigenvalue weighted by Gasteiger charge is 2.14. The van der Waals surface area contributed by atoms with Crippen molar-refractivity contribution >= 4 is 12.3 Å². The van der Waals surface area contributed by atoms with Crippen LogP contribution >= 0.6 is 0 Å². The zero-order valence-corrected chi connectivity index (χ0v) is 13.1. The van der Waals surface area contributed by atoms with Gasteiger partial charge in [0.25, 0.3) is 0 Å². The van der Waals surface area contributed by atoms with Gasteiger partial charge in [0, 0.05) is 5.56 Å². The lowest BCUT2D eigenvalue weighted by atomic mass is 10.2. The summed E-state index contributed by atoms with van der Waals surface area (Å²) < 4.78 is 16.2. The van der Waals surface area contributed by atoms with Crippen molar-refractivity contribution in [1.82, 2.24) is 0 Å². The lowest BCUT2D eigenvalue weighted by Crippen LogP contribution is -2.10. The summed E-state index contributed by atoms with van der Waals surface area (Å²) in [5.41, 5.74) is 0.824. The van der Waals surface area contributed by atoms with Gasteiger partial charge in [-0.1, -0.05) is 6.07 Å². The van der Waals surface area contributed by atoms with Crippen LogP contribution in [-0.4, -0.2) is 25.5 Å². The predicted octanol–water partition coefficient (Wildman–Crippen LogP) is 3.52. The summed E-state index contributed by atoms with van der Waals surface area (Å²) in [6.45, 7) is 4.59. The first kappa shape index (κ1) is 16.5. The maximum absolute atomic E-state index is 12.3. The number of hydrogen-bond acceptors (Lipinski definition) is 5. The van der Waals surface area contributed by atoms with Gasteiger partial charge in [-0.15, -0.1) is 0 Å². The number of rotatable bonds is 7. The van der Waals surface area contributed by atoms with E-state index in [4.69, 9.17) is 14.2 Å². The third kappa shape index (κ3) is 4.32. The molecule has 0 aliphatic carbocycles. The van der Waals surface area contributed by atoms with Crippen molar-refractivity contribution < 1.29 is 23.8 Å². The number of aldehydes is 1. The summed E-state index contributed by atoms with van der Waals surface area (Å²) in [5.74, 6) is 0.699. The fraction of sp³-hybridized carbons (Fsp3) is 0.222. The second-order valence-corrected chi connectivity index (χ2v) is 4.61. The normalized spacial score (nSPS) is 10.0. The van der Waals surface area contributed by atoms with E-state index in [0.29, 0.717) is 42.1 Å². The van der Waals surface area contributed by atoms with Crippen LogP contribution in [-0.2, 0) is 0 Å². The summed E-state index contributed by atoms with van der Waals surface area (Å²) >= 11 is 0. The monoisotopic (exact) mass is 314 g/mol. The van der Waals surface area contributed by atoms with E-state index < -0.39 is 5.97 Å². The molecular weight excluding hydrogens is 296 g/mol. The van der Waals surface area contributed by atoms with Gasteiger partial charge >= 0.3 is 5.97 Å². The molecule has 0 radical (unpaired) electrons. The van der Waals surface area contributed by atoms with Crippen molar-refractivity contribution in [3.05, 3.63) is 53.6 Å². The molecule has 0 spiro atoms. The molecule has 0 unspecified atom stereocenters. The zero-order valence-electron chi connectivity index (χ0n) is 13.1. The van der Waals surface area contributed by atoms with Gasteiger partial charge < -0.3 is 14.2 Å². The fourth-order valence-electron chi connectivity index (χ4n) is 1.99. The SMILES string of the molecule is CCOc1cccc(C(=O)Oc2ccc(C=O)cc2OCC)c1. The maximum atomic E-state index is 12.3. The molecule has 0 N–H and O–H groups in total. The van der Waals surface area contributed by atoms with E-state index in [1.807, 2.05) is 13.8 Å². The lowest BCUT2D eigenvalue weighted by molar-refractivity contribution is 0.0728. The quantitative estimate of drug-likeness (QED) is 0.444. The second kappa shape index (κ2) is 7.98. The zero-order chi connectivity index (χ0) is 16.7. The van der Waals surface area contributed by atoms with Gasteiger partial charge in [-0.25, -0.2) is 4.79 Å². The smallest absolute Gasteiger partial charge is 0.343 e. The van der Waals surface area contributed by atoms with Gasteiger partial charge in [-0.2, -0.15) is 0 Å². The fourth-order valence-corrected chi connectivity index (χ4v) is 1.99. The predicted molar refractivity (Wildman–Crippen MR) is 85.6 cm³/mol. The van der Waals surface area contributed by atoms with Gasteiger partial charge in [0.05, 0.1) is 18.8 Å². The first-order valence-corrected chi connectivity index (χ1v) is 7.35. The molecule has 0 bridgehead atoms. The highest BCUT2D eigenvalue weighted by atomic mass is 16.6. The second-order valence-electron chi connectivity index (χ2n) is 4.61. The number of carbonyl (C=O) groups is 2. The Morgan fingerprint density at radius 3 is 2.48 bits per heavy atom. The van der Waals surface area contributed by atoms with Crippen molar-refractivity contribution in [3.63, 3.8) is 0 Å². The summed E-state index contributed by atoms with van der Waals surface area (Å²) in [4.78, 5) is 23.1. The van der Waals surface area contributed by atoms with Crippen molar-refractivity contribution in [3.8, 4) is 17.2 Å². The summed E-state index contributed by atoms with van der Waals surface area (Å²) in [6, 6.07) is 11.4. The Labute approximate surface area is 134 Å². The maximum Gasteiger partial charge on any atom is 0.343 e. The molecule has 0 fully saturated rings. The molecule has 0 saturated carbocycles. The summed E-state index contributed by atoms with van der Waals surface area (Å²) in [7, 11) is 0. The number of ether oxygens (including phenoxy) is 3. The lowest BCUT2D eigenvalue weighted by Gasteiger charge is -2.11. The minimum atomic E-state index is -0.522. The highest BCUT2D eigenvalue weighted by Crippen LogP contribution is 2.29. The van der Waals surface area contributed by atoms with Crippen molar-refractivity contribution in [1.29, 1.82) is 0 Å². The van der Waals surface area contributed by atoms with Gasteiger partial charge in [-0.05, 0) is 50.2 Å². The Kier molecular flexibility index (Phi) is 5.74. The van der Waals surface area contributed by atoms with E-state index in [9.17, 15) is 9.59 Å². The third-order valence-corrected chi connectivity index (χ3v) is 2.99. The van der Waals surface area contributed by atoms with Crippen LogP contribution in [0.5, 0.6) is 17.2 Å². The van der Waals surface area contributed by atoms with E-state index >= 15 is 0 Å². The summed E-state index contributed by atoms with van der Waals surface area (Å²) in [6.07, 6.45) is 0.708. The Morgan fingerprint density at radius 2 is 1.78 bits per heavy atom. The average Bonchev–Trinajstić information content (AvgIpc) is 2.57. The molecule has 0 saturated heterocycles. The molecule has 0 aliphatic heterocycles. The van der Waals surface area contributed by atoms with Gasteiger partial charge in [0.15, 0.2) is 11.5 Å². The van der Waals surface area contributed by atoms with Crippen LogP contribution < -0.4 is 14.2 Å². The average molecular weight is 314 g/mol. The van der Waals surface area contributed by atoms with Crippen LogP contribution in [0.1, 0.15) is 34.6 Å². The molecule has 0 atom stereocenters. The molecule has 5 nitrogen and oxygen atoms in total. The Balaban J connectivity index is 2.22. The van der Waals surface area contributed by atoms with Gasteiger partial charge in [-0.3, -0.25) is 4.79 Å². The number of esters is 1. The van der Waals surface area contributed by atoms with Crippen molar-refractivity contribution in [2.24, 2.45) is 0 Å². The van der Waals surface area contributed by atoms with Gasteiger partial charge in [0.1, 0.15) is 12.0 Å². The molecule has 0 heterocycles. The van der Waals surface area contributed by atoms with Crippen molar-refractivity contribution in [2.45, 2.75) is 13.8 Å². The Hall–Kier alpha value is -2.82. The molecule has 0 aliphatic rings. The molecular formula is C18H18O5. The minimum absolute atomic E-state index is 0.268. The Bertz CT molecular complexity index is 694. The van der Waals surface area contributed by atoms with E-state index in [2.05, 4.69) is 0 Å². The Morgan fingerprint density at radius 1 is 1.00 bits per heavy atom. The van der Waals surface area contributed by atoms with Crippen LogP contribution in [0.4, 0.5) is 0 Å². The molecule has 2 aromatic rings. The van der Waals surface area contributed by atoms with E-state index in [-0.39, 0.29) is 5.75 Å². The van der Waals surface area contributed by atoms with Gasteiger partial charge in [0.2, 0.25) is 0 Å². The molecule has 2 aromatic carbocycles. The van der Waals surface area contributed by atoms with Crippen LogP contribution in [0.2, 0.25) is 0 Å². The number of hydrogen-bond donors (Lipinski definition) is 0. The van der Waals surface area contributed by atoms with Crippen LogP contribution in [0.25, 0.3) is 0 Å². The first-order valence-electron chi connectivity index (χ1n) is 7.35. The van der Waals surface area contributed by atoms with Crippen molar-refractivity contribution in [2.75, 3.05) is 13.2 Å². The molecule has 2 rings (SSSR count). The molecule has 120 valence electrons.